The number of hydrogen-bond donors (Lipinski definition) is 0. The lowest BCUT2D eigenvalue weighted by atomic mass is 9.93. The number of allylic oxidation sites excluding steroid dienone is 1. The summed E-state index contributed by atoms with van der Waals surface area (Å²) in [6, 6.07) is 9.69. The summed E-state index contributed by atoms with van der Waals surface area (Å²) < 4.78 is 7.44. The van der Waals surface area contributed by atoms with E-state index < -0.39 is 0 Å². The van der Waals surface area contributed by atoms with Crippen molar-refractivity contribution in [3.05, 3.63) is 70.8 Å². The number of thioether (sulfide) groups is 1. The minimum atomic E-state index is 0.0932. The number of carbonyl (C=O) groups excluding carboxylic acids is 1. The van der Waals surface area contributed by atoms with Gasteiger partial charge in [0, 0.05) is 12.1 Å². The van der Waals surface area contributed by atoms with Crippen molar-refractivity contribution in [2.75, 3.05) is 12.9 Å². The molecule has 0 aliphatic heterocycles. The van der Waals surface area contributed by atoms with Crippen LogP contribution in [0.25, 0.3) is 11.4 Å². The third-order valence-electron chi connectivity index (χ3n) is 5.49. The number of ether oxygens (including phenoxy) is 1. The van der Waals surface area contributed by atoms with E-state index >= 15 is 0 Å². The Morgan fingerprint density at radius 3 is 2.57 bits per heavy atom. The van der Waals surface area contributed by atoms with E-state index in [-0.39, 0.29) is 5.78 Å². The third-order valence-corrected chi connectivity index (χ3v) is 6.46. The first kappa shape index (κ1) is 21.8. The second-order valence-electron chi connectivity index (χ2n) is 7.23. The molecule has 0 radical (unpaired) electrons. The topological polar surface area (TPSA) is 57.0 Å². The molecule has 0 bridgehead atoms. The molecule has 0 N–H and O–H groups in total. The molecule has 3 aromatic rings. The van der Waals surface area contributed by atoms with Crippen molar-refractivity contribution in [3.8, 4) is 17.1 Å². The minimum absolute atomic E-state index is 0.0932. The van der Waals surface area contributed by atoms with Gasteiger partial charge in [0.05, 0.1) is 18.4 Å². The molecule has 0 spiro atoms. The van der Waals surface area contributed by atoms with Crippen molar-refractivity contribution in [1.29, 1.82) is 0 Å². The summed E-state index contributed by atoms with van der Waals surface area (Å²) >= 11 is 1.39. The Hall–Kier alpha value is -2.86. The Kier molecular flexibility index (Phi) is 6.77. The fourth-order valence-electron chi connectivity index (χ4n) is 3.43. The smallest absolute Gasteiger partial charge is 0.192 e. The molecule has 5 nitrogen and oxygen atoms in total. The Labute approximate surface area is 182 Å². The number of ketones is 1. The zero-order chi connectivity index (χ0) is 21.8. The van der Waals surface area contributed by atoms with Gasteiger partial charge in [-0.15, -0.1) is 16.8 Å². The molecule has 0 saturated heterocycles. The van der Waals surface area contributed by atoms with Crippen LogP contribution in [0.5, 0.6) is 5.75 Å². The zero-order valence-electron chi connectivity index (χ0n) is 18.2. The van der Waals surface area contributed by atoms with Gasteiger partial charge in [-0.2, -0.15) is 0 Å². The number of methoxy groups -OCH3 is 1. The van der Waals surface area contributed by atoms with Crippen LogP contribution in [-0.4, -0.2) is 33.4 Å². The van der Waals surface area contributed by atoms with E-state index in [2.05, 4.69) is 30.6 Å². The highest BCUT2D eigenvalue weighted by atomic mass is 32.2. The van der Waals surface area contributed by atoms with Crippen LogP contribution in [0.2, 0.25) is 0 Å². The number of Topliss-reactive ketones (excluding diaryl/α,β-unsaturated/α-hetero) is 1. The number of benzene rings is 2. The predicted molar refractivity (Wildman–Crippen MR) is 123 cm³/mol. The molecule has 1 heterocycles. The van der Waals surface area contributed by atoms with E-state index in [1.54, 1.807) is 13.2 Å². The average Bonchev–Trinajstić information content (AvgIpc) is 3.15. The third kappa shape index (κ3) is 4.19. The summed E-state index contributed by atoms with van der Waals surface area (Å²) in [7, 11) is 1.63. The number of carbonyl (C=O) groups is 1. The van der Waals surface area contributed by atoms with Crippen LogP contribution in [0.15, 0.2) is 48.1 Å². The van der Waals surface area contributed by atoms with Gasteiger partial charge in [0.2, 0.25) is 0 Å². The van der Waals surface area contributed by atoms with Gasteiger partial charge in [-0.1, -0.05) is 30.0 Å². The standard InChI is InChI=1S/C24H27N3O2S/c1-7-12-27-23(19-10-8-9-11-22(19)29-6)25-26-24(27)30-14-21(28)20-13-15(2)16(3)17(4)18(20)5/h7-11,13H,1,12,14H2,2-6H3. The van der Waals surface area contributed by atoms with Crippen molar-refractivity contribution in [1.82, 2.24) is 14.8 Å². The average molecular weight is 422 g/mol. The van der Waals surface area contributed by atoms with Gasteiger partial charge in [0.1, 0.15) is 5.75 Å². The van der Waals surface area contributed by atoms with Crippen LogP contribution in [-0.2, 0) is 6.54 Å². The van der Waals surface area contributed by atoms with Crippen molar-refractivity contribution in [3.63, 3.8) is 0 Å². The summed E-state index contributed by atoms with van der Waals surface area (Å²) in [4.78, 5) is 13.0. The highest BCUT2D eigenvalue weighted by Gasteiger charge is 2.19. The second-order valence-corrected chi connectivity index (χ2v) is 8.18. The predicted octanol–water partition coefficient (Wildman–Crippen LogP) is 5.35. The lowest BCUT2D eigenvalue weighted by Gasteiger charge is -2.13. The molecule has 0 aliphatic rings. The quantitative estimate of drug-likeness (QED) is 0.279. The zero-order valence-corrected chi connectivity index (χ0v) is 19.0. The van der Waals surface area contributed by atoms with Crippen LogP contribution in [0.1, 0.15) is 32.6 Å². The van der Waals surface area contributed by atoms with E-state index in [4.69, 9.17) is 4.74 Å². The number of nitrogens with zero attached hydrogens (tertiary/aromatic N) is 3. The lowest BCUT2D eigenvalue weighted by Crippen LogP contribution is -2.09. The Morgan fingerprint density at radius 1 is 1.13 bits per heavy atom. The van der Waals surface area contributed by atoms with Gasteiger partial charge in [-0.3, -0.25) is 9.36 Å². The molecule has 0 amide bonds. The summed E-state index contributed by atoms with van der Waals surface area (Å²) in [6.07, 6.45) is 1.80. The molecule has 0 unspecified atom stereocenters. The van der Waals surface area contributed by atoms with Crippen LogP contribution >= 0.6 is 11.8 Å². The largest absolute Gasteiger partial charge is 0.496 e. The molecular weight excluding hydrogens is 394 g/mol. The molecule has 0 aliphatic carbocycles. The van der Waals surface area contributed by atoms with Gasteiger partial charge in [-0.05, 0) is 68.1 Å². The number of hydrogen-bond acceptors (Lipinski definition) is 5. The lowest BCUT2D eigenvalue weighted by molar-refractivity contribution is 0.102. The van der Waals surface area contributed by atoms with Crippen molar-refractivity contribution < 1.29 is 9.53 Å². The maximum Gasteiger partial charge on any atom is 0.192 e. The van der Waals surface area contributed by atoms with Crippen molar-refractivity contribution >= 4 is 17.5 Å². The van der Waals surface area contributed by atoms with E-state index in [1.807, 2.05) is 48.7 Å². The fraction of sp³-hybridized carbons (Fsp3) is 0.292. The molecule has 30 heavy (non-hydrogen) atoms. The first-order valence-electron chi connectivity index (χ1n) is 9.79. The Bertz CT molecular complexity index is 1100. The maximum absolute atomic E-state index is 13.0. The summed E-state index contributed by atoms with van der Waals surface area (Å²) in [5.41, 5.74) is 6.24. The molecule has 0 saturated carbocycles. The van der Waals surface area contributed by atoms with Gasteiger partial charge < -0.3 is 4.74 Å². The van der Waals surface area contributed by atoms with Gasteiger partial charge in [0.25, 0.3) is 0 Å². The van der Waals surface area contributed by atoms with Gasteiger partial charge >= 0.3 is 0 Å². The van der Waals surface area contributed by atoms with E-state index in [1.165, 1.54) is 22.9 Å². The van der Waals surface area contributed by atoms with Crippen LogP contribution in [0.3, 0.4) is 0 Å². The summed E-state index contributed by atoms with van der Waals surface area (Å²) in [5.74, 6) is 1.81. The normalized spacial score (nSPS) is 10.8. The molecule has 0 fully saturated rings. The Morgan fingerprint density at radius 2 is 1.87 bits per heavy atom. The van der Waals surface area contributed by atoms with E-state index in [0.29, 0.717) is 23.3 Å². The maximum atomic E-state index is 13.0. The van der Waals surface area contributed by atoms with Gasteiger partial charge in [-0.25, -0.2) is 0 Å². The number of para-hydroxylation sites is 1. The molecule has 1 aromatic heterocycles. The van der Waals surface area contributed by atoms with E-state index in [9.17, 15) is 4.79 Å². The van der Waals surface area contributed by atoms with Crippen LogP contribution < -0.4 is 4.74 Å². The second kappa shape index (κ2) is 9.30. The Balaban J connectivity index is 1.89. The molecule has 6 heteroatoms. The highest BCUT2D eigenvalue weighted by molar-refractivity contribution is 7.99. The molecular formula is C24H27N3O2S. The van der Waals surface area contributed by atoms with E-state index in [0.717, 1.165) is 28.0 Å². The first-order chi connectivity index (χ1) is 14.4. The molecule has 3 rings (SSSR count). The minimum Gasteiger partial charge on any atom is -0.496 e. The van der Waals surface area contributed by atoms with Crippen molar-refractivity contribution in [2.45, 2.75) is 39.4 Å². The number of rotatable bonds is 8. The fourth-order valence-corrected chi connectivity index (χ4v) is 4.26. The summed E-state index contributed by atoms with van der Waals surface area (Å²) in [6.45, 7) is 12.6. The number of aromatic nitrogens is 3. The molecule has 2 aromatic carbocycles. The molecule has 156 valence electrons. The summed E-state index contributed by atoms with van der Waals surface area (Å²) in [5, 5.41) is 9.40. The van der Waals surface area contributed by atoms with Crippen LogP contribution in [0, 0.1) is 27.7 Å². The van der Waals surface area contributed by atoms with Gasteiger partial charge in [0.15, 0.2) is 16.8 Å². The first-order valence-corrected chi connectivity index (χ1v) is 10.8. The van der Waals surface area contributed by atoms with Crippen molar-refractivity contribution in [2.24, 2.45) is 0 Å². The monoisotopic (exact) mass is 421 g/mol. The highest BCUT2D eigenvalue weighted by Crippen LogP contribution is 2.31. The number of aryl methyl sites for hydroxylation is 1. The molecule has 0 atom stereocenters. The van der Waals surface area contributed by atoms with Crippen LogP contribution in [0.4, 0.5) is 0 Å². The SMILES string of the molecule is C=CCn1c(SCC(=O)c2cc(C)c(C)c(C)c2C)nnc1-c1ccccc1OC.